The molecule has 0 saturated heterocycles. The molecule has 0 aromatic heterocycles. The molecule has 18 heteroatoms. The number of hydrogen-bond donors (Lipinski definition) is 11. The van der Waals surface area contributed by atoms with Crippen LogP contribution in [0.1, 0.15) is 51.2 Å². The third-order valence-corrected chi connectivity index (χ3v) is 8.40. The van der Waals surface area contributed by atoms with Crippen molar-refractivity contribution >= 4 is 41.3 Å². The zero-order valence-electron chi connectivity index (χ0n) is 30.5. The number of carbonyl (C=O) groups is 6. The number of aliphatic hydroxyl groups is 2. The molecule has 18 nitrogen and oxygen atoms in total. The zero-order valence-corrected chi connectivity index (χ0v) is 30.5. The van der Waals surface area contributed by atoms with Crippen LogP contribution in [0.5, 0.6) is 5.75 Å². The van der Waals surface area contributed by atoms with Crippen molar-refractivity contribution in [2.24, 2.45) is 23.1 Å². The number of carboxylic acids is 1. The molecule has 14 N–H and O–H groups in total. The van der Waals surface area contributed by atoms with E-state index in [0.717, 1.165) is 6.92 Å². The van der Waals surface area contributed by atoms with Crippen molar-refractivity contribution in [1.82, 2.24) is 20.9 Å². The van der Waals surface area contributed by atoms with Crippen molar-refractivity contribution in [2.75, 3.05) is 13.2 Å². The van der Waals surface area contributed by atoms with Gasteiger partial charge in [-0.1, -0.05) is 56.3 Å². The Morgan fingerprint density at radius 1 is 0.870 bits per heavy atom. The van der Waals surface area contributed by atoms with Crippen molar-refractivity contribution in [3.63, 3.8) is 0 Å². The number of aliphatic carboxylic acids is 1. The predicted octanol–water partition coefficient (Wildman–Crippen LogP) is -1.77. The maximum absolute atomic E-state index is 14.4. The SMILES string of the molecule is CC(C)CC(NC(=O)C(Cc1ccccc1)N(C(=O)C(N)Cc1ccc(O)cc1)C(=O)C(O)(CO)C(=O)C(C)N)C(=O)NC(CCCNC(=N)N)C(=O)O. The molecule has 54 heavy (non-hydrogen) atoms. The average Bonchev–Trinajstić information content (AvgIpc) is 3.12. The summed E-state index contributed by atoms with van der Waals surface area (Å²) in [6.07, 6.45) is -0.545. The van der Waals surface area contributed by atoms with Crippen LogP contribution in [0, 0.1) is 11.3 Å². The number of Topliss-reactive ketones (excluding diaryl/α,β-unsaturated/α-hetero) is 1. The lowest BCUT2D eigenvalue weighted by molar-refractivity contribution is -0.172. The number of imide groups is 1. The summed E-state index contributed by atoms with van der Waals surface area (Å²) >= 11 is 0. The van der Waals surface area contributed by atoms with Gasteiger partial charge in [0.1, 0.15) is 23.9 Å². The number of nitrogens with two attached hydrogens (primary N) is 3. The molecule has 0 aliphatic carbocycles. The van der Waals surface area contributed by atoms with Gasteiger partial charge in [0.25, 0.3) is 5.91 Å². The molecule has 6 atom stereocenters. The molecule has 0 aliphatic heterocycles. The first kappa shape index (κ1) is 44.7. The van der Waals surface area contributed by atoms with Crippen LogP contribution in [0.4, 0.5) is 0 Å². The molecule has 2 aromatic carbocycles. The average molecular weight is 757 g/mol. The number of nitrogens with zero attached hydrogens (tertiary/aromatic N) is 1. The number of benzene rings is 2. The third kappa shape index (κ3) is 12.9. The first-order chi connectivity index (χ1) is 25.3. The van der Waals surface area contributed by atoms with Crippen LogP contribution in [-0.4, -0.2) is 116 Å². The molecule has 0 spiro atoms. The molecule has 6 unspecified atom stereocenters. The van der Waals surface area contributed by atoms with Crippen LogP contribution >= 0.6 is 0 Å². The van der Waals surface area contributed by atoms with Gasteiger partial charge in [0.2, 0.25) is 23.3 Å². The van der Waals surface area contributed by atoms with E-state index in [-0.39, 0.29) is 49.9 Å². The number of rotatable bonds is 21. The number of carbonyl (C=O) groups excluding carboxylic acids is 5. The van der Waals surface area contributed by atoms with Crippen LogP contribution < -0.4 is 33.2 Å². The molecule has 0 fully saturated rings. The number of amides is 4. The van der Waals surface area contributed by atoms with E-state index in [4.69, 9.17) is 22.6 Å². The molecule has 2 aromatic rings. The maximum atomic E-state index is 14.4. The molecule has 296 valence electrons. The number of carboxylic acid groups (broad SMARTS) is 1. The minimum absolute atomic E-state index is 0.0279. The Kier molecular flexibility index (Phi) is 17.2. The number of nitrogens with one attached hydrogen (secondary N) is 4. The molecular formula is C36H52N8O10. The molecular weight excluding hydrogens is 704 g/mol. The number of aliphatic hydroxyl groups excluding tert-OH is 1. The van der Waals surface area contributed by atoms with Gasteiger partial charge < -0.3 is 53.6 Å². The highest BCUT2D eigenvalue weighted by Gasteiger charge is 2.52. The lowest BCUT2D eigenvalue weighted by atomic mass is 9.90. The Balaban J connectivity index is 2.66. The number of ketones is 1. The van der Waals surface area contributed by atoms with Crippen LogP contribution in [-0.2, 0) is 41.6 Å². The molecule has 2 rings (SSSR count). The van der Waals surface area contributed by atoms with Crippen molar-refractivity contribution in [3.8, 4) is 5.75 Å². The van der Waals surface area contributed by atoms with E-state index in [1.54, 1.807) is 44.2 Å². The Morgan fingerprint density at radius 3 is 1.96 bits per heavy atom. The summed E-state index contributed by atoms with van der Waals surface area (Å²) in [6.45, 7) is 3.25. The van der Waals surface area contributed by atoms with E-state index in [1.165, 1.54) is 24.3 Å². The fraction of sp³-hybridized carbons (Fsp3) is 0.472. The Morgan fingerprint density at radius 2 is 1.44 bits per heavy atom. The van der Waals surface area contributed by atoms with Crippen LogP contribution in [0.25, 0.3) is 0 Å². The molecule has 0 saturated carbocycles. The van der Waals surface area contributed by atoms with Gasteiger partial charge in [0.05, 0.1) is 18.7 Å². The van der Waals surface area contributed by atoms with Crippen LogP contribution in [0.15, 0.2) is 54.6 Å². The quantitative estimate of drug-likeness (QED) is 0.0291. The molecule has 0 bridgehead atoms. The van der Waals surface area contributed by atoms with E-state index < -0.39 is 84.2 Å². The monoisotopic (exact) mass is 756 g/mol. The van der Waals surface area contributed by atoms with E-state index in [1.807, 2.05) is 0 Å². The number of guanidine groups is 1. The Labute approximate surface area is 313 Å². The van der Waals surface area contributed by atoms with Crippen molar-refractivity contribution in [2.45, 2.75) is 88.7 Å². The van der Waals surface area contributed by atoms with E-state index >= 15 is 0 Å². The standard InChI is InChI=1S/C36H52N8O10/c1-20(2)16-27(30(48)42-26(33(51)52)10-7-15-41-35(39)40)43-31(49)28(18-22-8-5-4-6-9-22)44(34(53)36(54,19-45)29(47)21(3)37)32(50)25(38)17-23-11-13-24(46)14-12-23/h4-6,8-9,11-14,20-21,25-28,45-46,54H,7,10,15-19,37-38H2,1-3H3,(H,42,48)(H,43,49)(H,51,52)(H4,39,40,41). The third-order valence-electron chi connectivity index (χ3n) is 8.40. The normalized spacial score (nSPS) is 15.0. The smallest absolute Gasteiger partial charge is 0.326 e. The number of hydrogen-bond acceptors (Lipinski definition) is 12. The van der Waals surface area contributed by atoms with E-state index in [0.29, 0.717) is 16.0 Å². The molecule has 0 heterocycles. The fourth-order valence-electron chi connectivity index (χ4n) is 5.54. The topological polar surface area (TPSA) is 325 Å². The first-order valence-corrected chi connectivity index (χ1v) is 17.3. The lowest BCUT2D eigenvalue weighted by Crippen LogP contribution is -2.67. The summed E-state index contributed by atoms with van der Waals surface area (Å²) < 4.78 is 0. The number of phenolic OH excluding ortho intramolecular Hbond substituents is 1. The van der Waals surface area contributed by atoms with Gasteiger partial charge in [-0.05, 0) is 61.8 Å². The molecule has 0 radical (unpaired) electrons. The van der Waals surface area contributed by atoms with Gasteiger partial charge in [0.15, 0.2) is 11.7 Å². The predicted molar refractivity (Wildman–Crippen MR) is 196 cm³/mol. The van der Waals surface area contributed by atoms with Gasteiger partial charge in [-0.3, -0.25) is 34.3 Å². The Hall–Kier alpha value is -5.43. The summed E-state index contributed by atoms with van der Waals surface area (Å²) in [5, 5.41) is 55.8. The number of aromatic hydroxyl groups is 1. The highest BCUT2D eigenvalue weighted by molar-refractivity contribution is 6.17. The largest absolute Gasteiger partial charge is 0.508 e. The maximum Gasteiger partial charge on any atom is 0.326 e. The van der Waals surface area contributed by atoms with Gasteiger partial charge in [-0.15, -0.1) is 0 Å². The van der Waals surface area contributed by atoms with Crippen molar-refractivity contribution in [1.29, 1.82) is 5.41 Å². The Bertz CT molecular complexity index is 1620. The van der Waals surface area contributed by atoms with Gasteiger partial charge in [-0.25, -0.2) is 4.79 Å². The summed E-state index contributed by atoms with van der Waals surface area (Å²) in [4.78, 5) is 82.0. The van der Waals surface area contributed by atoms with Crippen LogP contribution in [0.2, 0.25) is 0 Å². The highest BCUT2D eigenvalue weighted by atomic mass is 16.4. The second-order valence-corrected chi connectivity index (χ2v) is 13.4. The van der Waals surface area contributed by atoms with Crippen molar-refractivity contribution in [3.05, 3.63) is 65.7 Å². The van der Waals surface area contributed by atoms with Crippen LogP contribution in [0.3, 0.4) is 0 Å². The number of phenols is 1. The highest BCUT2D eigenvalue weighted by Crippen LogP contribution is 2.21. The van der Waals surface area contributed by atoms with Gasteiger partial charge in [0, 0.05) is 13.0 Å². The van der Waals surface area contributed by atoms with E-state index in [2.05, 4.69) is 16.0 Å². The summed E-state index contributed by atoms with van der Waals surface area (Å²) in [6, 6.07) is 5.86. The van der Waals surface area contributed by atoms with Gasteiger partial charge >= 0.3 is 5.97 Å². The fourth-order valence-corrected chi connectivity index (χ4v) is 5.54. The van der Waals surface area contributed by atoms with Gasteiger partial charge in [-0.2, -0.15) is 0 Å². The summed E-state index contributed by atoms with van der Waals surface area (Å²) in [5.41, 5.74) is 14.8. The minimum atomic E-state index is -3.29. The first-order valence-electron chi connectivity index (χ1n) is 17.3. The molecule has 4 amide bonds. The minimum Gasteiger partial charge on any atom is -0.508 e. The second kappa shape index (κ2) is 20.7. The molecule has 0 aliphatic rings. The summed E-state index contributed by atoms with van der Waals surface area (Å²) in [7, 11) is 0. The second-order valence-electron chi connectivity index (χ2n) is 13.4. The van der Waals surface area contributed by atoms with E-state index in [9.17, 15) is 49.2 Å². The van der Waals surface area contributed by atoms with Crippen molar-refractivity contribution < 1.29 is 49.2 Å². The summed E-state index contributed by atoms with van der Waals surface area (Å²) in [5.74, 6) is -8.28. The zero-order chi connectivity index (χ0) is 40.7. The lowest BCUT2D eigenvalue weighted by Gasteiger charge is -2.37.